The molecule has 1 aliphatic rings. The first-order valence-corrected chi connectivity index (χ1v) is 6.14. The molecule has 2 heterocycles. The molecule has 0 spiro atoms. The van der Waals surface area contributed by atoms with E-state index in [4.69, 9.17) is 11.3 Å². The van der Waals surface area contributed by atoms with Gasteiger partial charge in [0.05, 0.1) is 5.69 Å². The maximum Gasteiger partial charge on any atom is 0.228 e. The third-order valence-corrected chi connectivity index (χ3v) is 3.18. The second kappa shape index (κ2) is 5.24. The summed E-state index contributed by atoms with van der Waals surface area (Å²) in [6.07, 6.45) is 0.354. The average Bonchev–Trinajstić information content (AvgIpc) is 2.71. The van der Waals surface area contributed by atoms with E-state index in [2.05, 4.69) is 30.9 Å². The lowest BCUT2D eigenvalue weighted by molar-refractivity contribution is -0.117. The van der Waals surface area contributed by atoms with Crippen LogP contribution in [0.5, 0.6) is 0 Å². The highest BCUT2D eigenvalue weighted by Gasteiger charge is 2.31. The second-order valence-electron chi connectivity index (χ2n) is 4.03. The lowest BCUT2D eigenvalue weighted by Gasteiger charge is -2.17. The number of aromatic nitrogens is 1. The Bertz CT molecular complexity index is 527. The van der Waals surface area contributed by atoms with Crippen molar-refractivity contribution in [2.45, 2.75) is 6.42 Å². The van der Waals surface area contributed by atoms with Gasteiger partial charge in [0.25, 0.3) is 0 Å². The molecule has 0 aromatic carbocycles. The smallest absolute Gasteiger partial charge is 0.228 e. The molecule has 1 amide bonds. The standard InChI is InChI=1S/C10H11BrN6O/c11-8-2-1-7(12)10(15-8)17-5-6(3-9(17)18)4-14-16-13/h1-2,6H,3-5,12H2. The van der Waals surface area contributed by atoms with Crippen LogP contribution < -0.4 is 10.6 Å². The van der Waals surface area contributed by atoms with Crippen molar-refractivity contribution < 1.29 is 4.79 Å². The fourth-order valence-corrected chi connectivity index (χ4v) is 2.21. The molecule has 8 heteroatoms. The Morgan fingerprint density at radius 3 is 3.17 bits per heavy atom. The summed E-state index contributed by atoms with van der Waals surface area (Å²) in [5.74, 6) is 0.428. The molecule has 1 unspecified atom stereocenters. The van der Waals surface area contributed by atoms with Gasteiger partial charge in [-0.05, 0) is 39.5 Å². The molecule has 1 fully saturated rings. The summed E-state index contributed by atoms with van der Waals surface area (Å²) in [6.45, 7) is 0.790. The largest absolute Gasteiger partial charge is 0.396 e. The van der Waals surface area contributed by atoms with Crippen LogP contribution in [0.15, 0.2) is 21.9 Å². The monoisotopic (exact) mass is 310 g/mol. The van der Waals surface area contributed by atoms with E-state index in [-0.39, 0.29) is 11.8 Å². The Hall–Kier alpha value is -1.79. The van der Waals surface area contributed by atoms with E-state index < -0.39 is 0 Å². The topological polar surface area (TPSA) is 108 Å². The van der Waals surface area contributed by atoms with Gasteiger partial charge in [0.2, 0.25) is 5.91 Å². The second-order valence-corrected chi connectivity index (χ2v) is 4.85. The van der Waals surface area contributed by atoms with Gasteiger partial charge in [-0.1, -0.05) is 5.11 Å². The number of nitrogens with zero attached hydrogens (tertiary/aromatic N) is 5. The third kappa shape index (κ3) is 2.55. The number of nitrogens with two attached hydrogens (primary N) is 1. The lowest BCUT2D eigenvalue weighted by Crippen LogP contribution is -2.26. The first kappa shape index (κ1) is 12.7. The minimum absolute atomic E-state index is 0.0218. The Kier molecular flexibility index (Phi) is 3.69. The Morgan fingerprint density at radius 1 is 1.67 bits per heavy atom. The van der Waals surface area contributed by atoms with Crippen LogP contribution >= 0.6 is 15.9 Å². The number of halogens is 1. The Balaban J connectivity index is 2.21. The van der Waals surface area contributed by atoms with Crippen LogP contribution in [0.2, 0.25) is 0 Å². The predicted octanol–water partition coefficient (Wildman–Crippen LogP) is 2.09. The van der Waals surface area contributed by atoms with Crippen LogP contribution in [0.1, 0.15) is 6.42 Å². The van der Waals surface area contributed by atoms with Gasteiger partial charge < -0.3 is 5.73 Å². The quantitative estimate of drug-likeness (QED) is 0.399. The van der Waals surface area contributed by atoms with Crippen LogP contribution in [0.25, 0.3) is 10.4 Å². The minimum atomic E-state index is -0.0505. The summed E-state index contributed by atoms with van der Waals surface area (Å²) in [4.78, 5) is 20.3. The third-order valence-electron chi connectivity index (χ3n) is 2.74. The maximum atomic E-state index is 11.9. The van der Waals surface area contributed by atoms with Gasteiger partial charge in [0.1, 0.15) is 4.60 Å². The number of rotatable bonds is 3. The number of amides is 1. The van der Waals surface area contributed by atoms with E-state index in [0.29, 0.717) is 35.6 Å². The number of anilines is 2. The number of hydrogen-bond donors (Lipinski definition) is 1. The molecule has 1 aliphatic heterocycles. The molecule has 0 radical (unpaired) electrons. The van der Waals surface area contributed by atoms with E-state index in [1.165, 1.54) is 4.90 Å². The number of azide groups is 1. The van der Waals surface area contributed by atoms with Crippen LogP contribution in [0.4, 0.5) is 11.5 Å². The van der Waals surface area contributed by atoms with Crippen molar-refractivity contribution in [3.63, 3.8) is 0 Å². The zero-order chi connectivity index (χ0) is 13.1. The molecule has 0 bridgehead atoms. The molecule has 7 nitrogen and oxygen atoms in total. The van der Waals surface area contributed by atoms with Gasteiger partial charge in [0.15, 0.2) is 5.82 Å². The summed E-state index contributed by atoms with van der Waals surface area (Å²) in [7, 11) is 0. The van der Waals surface area contributed by atoms with E-state index in [9.17, 15) is 4.79 Å². The van der Waals surface area contributed by atoms with Gasteiger partial charge in [-0.25, -0.2) is 4.98 Å². The van der Waals surface area contributed by atoms with E-state index in [1.54, 1.807) is 12.1 Å². The summed E-state index contributed by atoms with van der Waals surface area (Å²) in [5.41, 5.74) is 14.5. The zero-order valence-electron chi connectivity index (χ0n) is 9.45. The van der Waals surface area contributed by atoms with Crippen LogP contribution in [-0.2, 0) is 4.79 Å². The summed E-state index contributed by atoms with van der Waals surface area (Å²) in [6, 6.07) is 3.41. The maximum absolute atomic E-state index is 11.9. The number of carbonyl (C=O) groups is 1. The molecule has 1 aromatic heterocycles. The Morgan fingerprint density at radius 2 is 2.44 bits per heavy atom. The first-order valence-electron chi connectivity index (χ1n) is 5.35. The molecule has 94 valence electrons. The molecule has 1 atom stereocenters. The molecular weight excluding hydrogens is 300 g/mol. The minimum Gasteiger partial charge on any atom is -0.396 e. The van der Waals surface area contributed by atoms with Crippen molar-refractivity contribution in [2.24, 2.45) is 11.0 Å². The van der Waals surface area contributed by atoms with Gasteiger partial charge in [-0.2, -0.15) is 0 Å². The van der Waals surface area contributed by atoms with Crippen molar-refractivity contribution in [1.82, 2.24) is 4.98 Å². The molecule has 1 saturated heterocycles. The van der Waals surface area contributed by atoms with Gasteiger partial charge in [-0.15, -0.1) is 0 Å². The number of carbonyl (C=O) groups excluding carboxylic acids is 1. The molecule has 2 N–H and O–H groups in total. The molecule has 0 saturated carbocycles. The molecule has 0 aliphatic carbocycles. The fraction of sp³-hybridized carbons (Fsp3) is 0.400. The molecule has 18 heavy (non-hydrogen) atoms. The van der Waals surface area contributed by atoms with Crippen molar-refractivity contribution in [3.05, 3.63) is 27.2 Å². The van der Waals surface area contributed by atoms with Crippen LogP contribution in [0, 0.1) is 5.92 Å². The normalized spacial score (nSPS) is 18.8. The number of pyridine rings is 1. The zero-order valence-corrected chi connectivity index (χ0v) is 11.0. The van der Waals surface area contributed by atoms with Gasteiger partial charge >= 0.3 is 0 Å². The first-order chi connectivity index (χ1) is 8.61. The van der Waals surface area contributed by atoms with Crippen molar-refractivity contribution in [2.75, 3.05) is 23.7 Å². The van der Waals surface area contributed by atoms with E-state index >= 15 is 0 Å². The summed E-state index contributed by atoms with van der Waals surface area (Å²) in [5, 5.41) is 3.50. The van der Waals surface area contributed by atoms with Crippen molar-refractivity contribution >= 4 is 33.3 Å². The SMILES string of the molecule is [N-]=[N+]=NCC1CC(=O)N(c2nc(Br)ccc2N)C1. The summed E-state index contributed by atoms with van der Waals surface area (Å²) >= 11 is 3.25. The van der Waals surface area contributed by atoms with Gasteiger partial charge in [0, 0.05) is 24.4 Å². The average molecular weight is 311 g/mol. The van der Waals surface area contributed by atoms with E-state index in [0.717, 1.165) is 0 Å². The number of hydrogen-bond acceptors (Lipinski definition) is 4. The molecule has 2 rings (SSSR count). The highest BCUT2D eigenvalue weighted by atomic mass is 79.9. The highest BCUT2D eigenvalue weighted by molar-refractivity contribution is 9.10. The highest BCUT2D eigenvalue weighted by Crippen LogP contribution is 2.29. The molecule has 1 aromatic rings. The van der Waals surface area contributed by atoms with Crippen LogP contribution in [-0.4, -0.2) is 24.0 Å². The van der Waals surface area contributed by atoms with Crippen molar-refractivity contribution in [1.29, 1.82) is 0 Å². The van der Waals surface area contributed by atoms with Crippen LogP contribution in [0.3, 0.4) is 0 Å². The van der Waals surface area contributed by atoms with E-state index in [1.807, 2.05) is 0 Å². The fourth-order valence-electron chi connectivity index (χ4n) is 1.91. The predicted molar refractivity (Wildman–Crippen MR) is 70.8 cm³/mol. The van der Waals surface area contributed by atoms with Gasteiger partial charge in [-0.3, -0.25) is 9.69 Å². The van der Waals surface area contributed by atoms with Crippen molar-refractivity contribution in [3.8, 4) is 0 Å². The Labute approximate surface area is 112 Å². The molecular formula is C10H11BrN6O. The lowest BCUT2D eigenvalue weighted by atomic mass is 10.1. The number of nitrogen functional groups attached to an aromatic ring is 1. The summed E-state index contributed by atoms with van der Waals surface area (Å²) < 4.78 is 0.623.